The average molecular weight is 335 g/mol. The first-order chi connectivity index (χ1) is 11.1. The van der Waals surface area contributed by atoms with Crippen molar-refractivity contribution in [3.8, 4) is 0 Å². The number of carboxylic acid groups (broad SMARTS) is 1. The van der Waals surface area contributed by atoms with Crippen LogP contribution in [0.1, 0.15) is 43.0 Å². The van der Waals surface area contributed by atoms with Crippen LogP contribution in [0.5, 0.6) is 0 Å². The van der Waals surface area contributed by atoms with Crippen molar-refractivity contribution in [3.63, 3.8) is 0 Å². The van der Waals surface area contributed by atoms with Crippen molar-refractivity contribution in [2.75, 3.05) is 25.4 Å². The van der Waals surface area contributed by atoms with Crippen LogP contribution in [0.15, 0.2) is 29.2 Å². The summed E-state index contributed by atoms with van der Waals surface area (Å²) in [5.74, 6) is 0.355. The summed E-state index contributed by atoms with van der Waals surface area (Å²) in [7, 11) is 0. The number of carboxylic acids is 1. The first-order valence-electron chi connectivity index (χ1n) is 8.31. The van der Waals surface area contributed by atoms with Gasteiger partial charge in [0.2, 0.25) is 0 Å². The molecular weight excluding hydrogens is 310 g/mol. The number of benzene rings is 1. The third-order valence-electron chi connectivity index (χ3n) is 4.24. The van der Waals surface area contributed by atoms with Gasteiger partial charge >= 0.3 is 5.97 Å². The summed E-state index contributed by atoms with van der Waals surface area (Å²) in [5, 5.41) is 8.99. The van der Waals surface area contributed by atoms with Gasteiger partial charge in [-0.15, -0.1) is 11.8 Å². The molecule has 0 saturated carbocycles. The van der Waals surface area contributed by atoms with Crippen LogP contribution in [-0.4, -0.2) is 47.1 Å². The highest BCUT2D eigenvalue weighted by Crippen LogP contribution is 2.20. The number of thioether (sulfide) groups is 1. The largest absolute Gasteiger partial charge is 0.481 e. The molecule has 126 valence electrons. The number of piperidine rings is 1. The van der Waals surface area contributed by atoms with Crippen LogP contribution in [-0.2, 0) is 4.79 Å². The first kappa shape index (κ1) is 18.0. The zero-order valence-corrected chi connectivity index (χ0v) is 14.5. The van der Waals surface area contributed by atoms with E-state index in [1.165, 1.54) is 4.90 Å². The molecule has 0 radical (unpaired) electrons. The average Bonchev–Trinajstić information content (AvgIpc) is 2.58. The van der Waals surface area contributed by atoms with E-state index in [9.17, 15) is 9.59 Å². The van der Waals surface area contributed by atoms with E-state index in [1.54, 1.807) is 0 Å². The fourth-order valence-corrected chi connectivity index (χ4v) is 3.53. The van der Waals surface area contributed by atoms with Gasteiger partial charge in [0.15, 0.2) is 5.78 Å². The second-order valence-corrected chi connectivity index (χ2v) is 7.17. The van der Waals surface area contributed by atoms with E-state index in [0.717, 1.165) is 37.4 Å². The molecule has 1 aromatic carbocycles. The number of rotatable bonds is 8. The lowest BCUT2D eigenvalue weighted by molar-refractivity contribution is -0.143. The van der Waals surface area contributed by atoms with E-state index in [0.29, 0.717) is 19.3 Å². The van der Waals surface area contributed by atoms with Gasteiger partial charge in [0.05, 0.1) is 5.92 Å². The molecule has 1 saturated heterocycles. The first-order valence-corrected chi connectivity index (χ1v) is 9.30. The smallest absolute Gasteiger partial charge is 0.306 e. The Hall–Kier alpha value is -1.33. The molecular formula is C18H25NO3S. The molecule has 0 aliphatic carbocycles. The Balaban J connectivity index is 1.75. The summed E-state index contributed by atoms with van der Waals surface area (Å²) >= 11 is 1.81. The highest BCUT2D eigenvalue weighted by atomic mass is 32.2. The Morgan fingerprint density at radius 2 is 1.87 bits per heavy atom. The van der Waals surface area contributed by atoms with E-state index in [2.05, 4.69) is 11.8 Å². The van der Waals surface area contributed by atoms with Crippen LogP contribution in [0.25, 0.3) is 0 Å². The number of carbonyl (C=O) groups excluding carboxylic acids is 1. The molecule has 0 amide bonds. The third kappa shape index (κ3) is 5.66. The maximum atomic E-state index is 12.3. The van der Waals surface area contributed by atoms with Gasteiger partial charge in [-0.3, -0.25) is 9.59 Å². The lowest BCUT2D eigenvalue weighted by Gasteiger charge is -2.29. The molecule has 2 rings (SSSR count). The quantitative estimate of drug-likeness (QED) is 0.581. The topological polar surface area (TPSA) is 57.6 Å². The van der Waals surface area contributed by atoms with E-state index in [1.807, 2.05) is 36.0 Å². The van der Waals surface area contributed by atoms with E-state index in [4.69, 9.17) is 5.11 Å². The van der Waals surface area contributed by atoms with Crippen LogP contribution >= 0.6 is 11.8 Å². The van der Waals surface area contributed by atoms with Crippen molar-refractivity contribution in [1.29, 1.82) is 0 Å². The van der Waals surface area contributed by atoms with Gasteiger partial charge in [0, 0.05) is 23.4 Å². The van der Waals surface area contributed by atoms with E-state index < -0.39 is 5.97 Å². The minimum atomic E-state index is -0.693. The van der Waals surface area contributed by atoms with Crippen molar-refractivity contribution in [3.05, 3.63) is 29.8 Å². The van der Waals surface area contributed by atoms with Gasteiger partial charge in [-0.25, -0.2) is 0 Å². The molecule has 0 atom stereocenters. The molecule has 0 aromatic heterocycles. The number of aliphatic carboxylic acids is 1. The number of carbonyl (C=O) groups is 2. The minimum Gasteiger partial charge on any atom is -0.481 e. The normalized spacial score (nSPS) is 16.4. The third-order valence-corrected chi connectivity index (χ3v) is 5.46. The van der Waals surface area contributed by atoms with Crippen molar-refractivity contribution in [2.24, 2.45) is 5.92 Å². The zero-order chi connectivity index (χ0) is 16.7. The van der Waals surface area contributed by atoms with Crippen molar-refractivity contribution >= 4 is 23.5 Å². The molecule has 0 bridgehead atoms. The van der Waals surface area contributed by atoms with Crippen LogP contribution in [0, 0.1) is 5.92 Å². The summed E-state index contributed by atoms with van der Waals surface area (Å²) in [5.41, 5.74) is 0.770. The number of likely N-dealkylation sites (tertiary alicyclic amines) is 1. The maximum Gasteiger partial charge on any atom is 0.306 e. The number of ketones is 1. The van der Waals surface area contributed by atoms with Crippen molar-refractivity contribution in [1.82, 2.24) is 4.90 Å². The monoisotopic (exact) mass is 335 g/mol. The molecule has 5 heteroatoms. The molecule has 23 heavy (non-hydrogen) atoms. The Kier molecular flexibility index (Phi) is 7.12. The molecule has 1 aliphatic rings. The molecule has 1 N–H and O–H groups in total. The highest BCUT2D eigenvalue weighted by Gasteiger charge is 2.24. The van der Waals surface area contributed by atoms with Crippen LogP contribution in [0.2, 0.25) is 0 Å². The molecule has 1 aromatic rings. The predicted molar refractivity (Wildman–Crippen MR) is 93.2 cm³/mol. The summed E-state index contributed by atoms with van der Waals surface area (Å²) in [6.45, 7) is 4.43. The second kappa shape index (κ2) is 9.08. The SMILES string of the molecule is CCCSc1ccc(C(=O)CCN2CCC(C(=O)O)CC2)cc1. The minimum absolute atomic E-state index is 0.164. The molecule has 1 fully saturated rings. The lowest BCUT2D eigenvalue weighted by Crippen LogP contribution is -2.37. The molecule has 4 nitrogen and oxygen atoms in total. The number of hydrogen-bond donors (Lipinski definition) is 1. The summed E-state index contributed by atoms with van der Waals surface area (Å²) in [6, 6.07) is 7.87. The number of Topliss-reactive ketones (excluding diaryl/α,β-unsaturated/α-hetero) is 1. The number of hydrogen-bond acceptors (Lipinski definition) is 4. The van der Waals surface area contributed by atoms with Gasteiger partial charge < -0.3 is 10.0 Å². The molecule has 1 aliphatic heterocycles. The highest BCUT2D eigenvalue weighted by molar-refractivity contribution is 7.99. The summed E-state index contributed by atoms with van der Waals surface area (Å²) in [4.78, 5) is 26.6. The fraction of sp³-hybridized carbons (Fsp3) is 0.556. The van der Waals surface area contributed by atoms with E-state index in [-0.39, 0.29) is 11.7 Å². The molecule has 0 unspecified atom stereocenters. The maximum absolute atomic E-state index is 12.3. The molecule has 0 spiro atoms. The van der Waals surface area contributed by atoms with Gasteiger partial charge in [-0.05, 0) is 50.2 Å². The van der Waals surface area contributed by atoms with Crippen molar-refractivity contribution < 1.29 is 14.7 Å². The van der Waals surface area contributed by atoms with Crippen LogP contribution < -0.4 is 0 Å². The summed E-state index contributed by atoms with van der Waals surface area (Å²) in [6.07, 6.45) is 3.02. The standard InChI is InChI=1S/C18H25NO3S/c1-2-13-23-16-5-3-14(4-6-16)17(20)9-12-19-10-7-15(8-11-19)18(21)22/h3-6,15H,2,7-13H2,1H3,(H,21,22). The van der Waals surface area contributed by atoms with Crippen LogP contribution in [0.3, 0.4) is 0 Å². The zero-order valence-electron chi connectivity index (χ0n) is 13.7. The lowest BCUT2D eigenvalue weighted by atomic mass is 9.97. The van der Waals surface area contributed by atoms with Gasteiger partial charge in [0.1, 0.15) is 0 Å². The summed E-state index contributed by atoms with van der Waals surface area (Å²) < 4.78 is 0. The Morgan fingerprint density at radius 3 is 2.43 bits per heavy atom. The van der Waals surface area contributed by atoms with E-state index >= 15 is 0 Å². The van der Waals surface area contributed by atoms with Crippen molar-refractivity contribution in [2.45, 2.75) is 37.5 Å². The molecule has 1 heterocycles. The number of nitrogens with zero attached hydrogens (tertiary/aromatic N) is 1. The van der Waals surface area contributed by atoms with Gasteiger partial charge in [0.25, 0.3) is 0 Å². The Labute approximate surface area is 142 Å². The Morgan fingerprint density at radius 1 is 1.22 bits per heavy atom. The second-order valence-electron chi connectivity index (χ2n) is 6.00. The van der Waals surface area contributed by atoms with Crippen LogP contribution in [0.4, 0.5) is 0 Å². The van der Waals surface area contributed by atoms with Gasteiger partial charge in [-0.1, -0.05) is 19.1 Å². The fourth-order valence-electron chi connectivity index (χ4n) is 2.76. The Bertz CT molecular complexity index is 522. The predicted octanol–water partition coefficient (Wildman–Crippen LogP) is 3.56. The van der Waals surface area contributed by atoms with Gasteiger partial charge in [-0.2, -0.15) is 0 Å².